The van der Waals surface area contributed by atoms with Crippen LogP contribution in [-0.2, 0) is 14.3 Å². The van der Waals surface area contributed by atoms with Crippen molar-refractivity contribution < 1.29 is 24.2 Å². The molecular weight excluding hydrogens is 328 g/mol. The van der Waals surface area contributed by atoms with E-state index in [-0.39, 0.29) is 19.1 Å². The van der Waals surface area contributed by atoms with Crippen LogP contribution < -0.4 is 5.32 Å². The van der Waals surface area contributed by atoms with E-state index in [9.17, 15) is 14.4 Å². The summed E-state index contributed by atoms with van der Waals surface area (Å²) in [6, 6.07) is -0.614. The van der Waals surface area contributed by atoms with E-state index in [0.29, 0.717) is 30.9 Å². The zero-order valence-electron chi connectivity index (χ0n) is 12.6. The molecule has 0 bridgehead atoms. The molecule has 1 atom stereocenters. The summed E-state index contributed by atoms with van der Waals surface area (Å²) >= 11 is 0. The standard InChI is InChI=1S/C13H22N2O5S2/c1-2-10(15-5-3-4-11(15)17)12(18)14-13(19)20-7-9-22-21-8-6-16/h10,16H,2-9H2,1H3,(H,14,18,19)/t10-/m0/s1. The van der Waals surface area contributed by atoms with Gasteiger partial charge in [0, 0.05) is 24.5 Å². The topological polar surface area (TPSA) is 95.9 Å². The van der Waals surface area contributed by atoms with E-state index < -0.39 is 18.0 Å². The molecule has 1 aliphatic heterocycles. The van der Waals surface area contributed by atoms with Crippen molar-refractivity contribution in [3.8, 4) is 0 Å². The summed E-state index contributed by atoms with van der Waals surface area (Å²) in [6.07, 6.45) is 0.869. The highest BCUT2D eigenvalue weighted by Gasteiger charge is 2.32. The van der Waals surface area contributed by atoms with E-state index >= 15 is 0 Å². The second-order valence-electron chi connectivity index (χ2n) is 4.61. The Labute approximate surface area is 137 Å². The lowest BCUT2D eigenvalue weighted by Crippen LogP contribution is -2.48. The molecule has 1 heterocycles. The minimum atomic E-state index is -0.789. The van der Waals surface area contributed by atoms with Gasteiger partial charge < -0.3 is 14.7 Å². The molecule has 9 heteroatoms. The molecule has 1 rings (SSSR count). The Balaban J connectivity index is 2.27. The number of aliphatic hydroxyl groups excluding tert-OH is 1. The maximum Gasteiger partial charge on any atom is 0.413 e. The van der Waals surface area contributed by atoms with Crippen LogP contribution >= 0.6 is 21.6 Å². The number of rotatable bonds is 9. The molecule has 0 spiro atoms. The number of hydrogen-bond acceptors (Lipinski definition) is 7. The van der Waals surface area contributed by atoms with Crippen LogP contribution in [0.1, 0.15) is 26.2 Å². The van der Waals surface area contributed by atoms with E-state index in [1.807, 2.05) is 0 Å². The minimum absolute atomic E-state index is 0.0484. The van der Waals surface area contributed by atoms with Crippen LogP contribution in [0.15, 0.2) is 0 Å². The van der Waals surface area contributed by atoms with Gasteiger partial charge in [-0.2, -0.15) is 0 Å². The minimum Gasteiger partial charge on any atom is -0.448 e. The summed E-state index contributed by atoms with van der Waals surface area (Å²) in [5.41, 5.74) is 0. The lowest BCUT2D eigenvalue weighted by atomic mass is 10.2. The fourth-order valence-corrected chi connectivity index (χ4v) is 3.69. The summed E-state index contributed by atoms with van der Waals surface area (Å²) < 4.78 is 4.91. The van der Waals surface area contributed by atoms with E-state index in [1.54, 1.807) is 6.92 Å². The highest BCUT2D eigenvalue weighted by molar-refractivity contribution is 8.76. The van der Waals surface area contributed by atoms with Crippen LogP contribution in [0.5, 0.6) is 0 Å². The second-order valence-corrected chi connectivity index (χ2v) is 7.31. The Bertz CT molecular complexity index is 395. The first-order chi connectivity index (χ1) is 10.6. The molecule has 0 aromatic carbocycles. The summed E-state index contributed by atoms with van der Waals surface area (Å²) in [6.45, 7) is 2.65. The van der Waals surface area contributed by atoms with Crippen LogP contribution in [0.25, 0.3) is 0 Å². The number of carbonyl (C=O) groups excluding carboxylic acids is 3. The summed E-state index contributed by atoms with van der Waals surface area (Å²) in [5, 5.41) is 10.8. The quantitative estimate of drug-likeness (QED) is 0.473. The van der Waals surface area contributed by atoms with Gasteiger partial charge in [0.05, 0.1) is 6.61 Å². The number of imide groups is 1. The molecule has 3 amide bonds. The molecule has 0 saturated carbocycles. The molecule has 22 heavy (non-hydrogen) atoms. The first-order valence-corrected chi connectivity index (χ1v) is 9.71. The molecule has 2 N–H and O–H groups in total. The average Bonchev–Trinajstić information content (AvgIpc) is 2.90. The molecule has 0 unspecified atom stereocenters. The van der Waals surface area contributed by atoms with Crippen molar-refractivity contribution in [2.45, 2.75) is 32.2 Å². The first kappa shape index (κ1) is 19.1. The Morgan fingerprint density at radius 1 is 1.41 bits per heavy atom. The number of ether oxygens (including phenoxy) is 1. The molecule has 7 nitrogen and oxygen atoms in total. The highest BCUT2D eigenvalue weighted by Crippen LogP contribution is 2.19. The van der Waals surface area contributed by atoms with Gasteiger partial charge in [0.25, 0.3) is 5.91 Å². The fourth-order valence-electron chi connectivity index (χ4n) is 2.09. The average molecular weight is 350 g/mol. The Morgan fingerprint density at radius 3 is 2.73 bits per heavy atom. The van der Waals surface area contributed by atoms with Crippen LogP contribution in [0.4, 0.5) is 4.79 Å². The van der Waals surface area contributed by atoms with E-state index in [1.165, 1.54) is 26.5 Å². The Morgan fingerprint density at radius 2 is 2.14 bits per heavy atom. The van der Waals surface area contributed by atoms with Crippen molar-refractivity contribution in [3.05, 3.63) is 0 Å². The van der Waals surface area contributed by atoms with E-state index in [0.717, 1.165) is 6.42 Å². The van der Waals surface area contributed by atoms with Gasteiger partial charge in [0.2, 0.25) is 5.91 Å². The largest absolute Gasteiger partial charge is 0.448 e. The van der Waals surface area contributed by atoms with Crippen molar-refractivity contribution in [2.24, 2.45) is 0 Å². The third kappa shape index (κ3) is 6.45. The molecule has 1 aliphatic rings. The normalized spacial score (nSPS) is 15.7. The zero-order chi connectivity index (χ0) is 16.4. The number of amides is 3. The number of nitrogens with one attached hydrogen (secondary N) is 1. The summed E-state index contributed by atoms with van der Waals surface area (Å²) in [7, 11) is 2.97. The summed E-state index contributed by atoms with van der Waals surface area (Å²) in [5.74, 6) is 0.656. The fraction of sp³-hybridized carbons (Fsp3) is 0.769. The lowest BCUT2D eigenvalue weighted by molar-refractivity contribution is -0.137. The molecule has 126 valence electrons. The predicted molar refractivity (Wildman–Crippen MR) is 86.5 cm³/mol. The smallest absolute Gasteiger partial charge is 0.413 e. The van der Waals surface area contributed by atoms with Crippen molar-refractivity contribution in [1.29, 1.82) is 0 Å². The molecular formula is C13H22N2O5S2. The molecule has 0 aromatic rings. The number of carbonyl (C=O) groups is 3. The molecule has 1 saturated heterocycles. The zero-order valence-corrected chi connectivity index (χ0v) is 14.2. The number of alkyl carbamates (subject to hydrolysis) is 1. The van der Waals surface area contributed by atoms with Gasteiger partial charge in [-0.3, -0.25) is 14.9 Å². The van der Waals surface area contributed by atoms with Gasteiger partial charge in [0.15, 0.2) is 0 Å². The maximum atomic E-state index is 12.0. The predicted octanol–water partition coefficient (Wildman–Crippen LogP) is 1.01. The van der Waals surface area contributed by atoms with Crippen LogP contribution in [0.2, 0.25) is 0 Å². The van der Waals surface area contributed by atoms with E-state index in [2.05, 4.69) is 5.32 Å². The van der Waals surface area contributed by atoms with Crippen molar-refractivity contribution in [2.75, 3.05) is 31.3 Å². The Hall–Kier alpha value is -0.930. The van der Waals surface area contributed by atoms with E-state index in [4.69, 9.17) is 9.84 Å². The third-order valence-corrected chi connectivity index (χ3v) is 5.41. The van der Waals surface area contributed by atoms with Gasteiger partial charge in [-0.05, 0) is 12.8 Å². The van der Waals surface area contributed by atoms with Gasteiger partial charge in [0.1, 0.15) is 12.6 Å². The Kier molecular flexibility index (Phi) is 9.33. The van der Waals surface area contributed by atoms with Gasteiger partial charge in [-0.25, -0.2) is 4.79 Å². The van der Waals surface area contributed by atoms with Crippen molar-refractivity contribution >= 4 is 39.5 Å². The van der Waals surface area contributed by atoms with Crippen LogP contribution in [0.3, 0.4) is 0 Å². The molecule has 0 radical (unpaired) electrons. The first-order valence-electron chi connectivity index (χ1n) is 7.22. The van der Waals surface area contributed by atoms with Gasteiger partial charge in [-0.15, -0.1) is 0 Å². The highest BCUT2D eigenvalue weighted by atomic mass is 33.1. The maximum absolute atomic E-state index is 12.0. The monoisotopic (exact) mass is 350 g/mol. The number of nitrogens with zero attached hydrogens (tertiary/aromatic N) is 1. The number of aliphatic hydroxyl groups is 1. The number of likely N-dealkylation sites (tertiary alicyclic amines) is 1. The van der Waals surface area contributed by atoms with Gasteiger partial charge >= 0.3 is 6.09 Å². The third-order valence-electron chi connectivity index (χ3n) is 3.06. The molecule has 0 aromatic heterocycles. The lowest BCUT2D eigenvalue weighted by Gasteiger charge is -2.25. The molecule has 1 fully saturated rings. The van der Waals surface area contributed by atoms with Crippen molar-refractivity contribution in [1.82, 2.24) is 10.2 Å². The SMILES string of the molecule is CC[C@@H](C(=O)NC(=O)OCCSSCCO)N1CCCC1=O. The van der Waals surface area contributed by atoms with Crippen LogP contribution in [0, 0.1) is 0 Å². The molecule has 0 aliphatic carbocycles. The second kappa shape index (κ2) is 10.7. The van der Waals surface area contributed by atoms with Crippen molar-refractivity contribution in [3.63, 3.8) is 0 Å². The van der Waals surface area contributed by atoms with Crippen LogP contribution in [-0.4, -0.2) is 65.2 Å². The number of hydrogen-bond donors (Lipinski definition) is 2. The summed E-state index contributed by atoms with van der Waals surface area (Å²) in [4.78, 5) is 36.8. The van der Waals surface area contributed by atoms with Gasteiger partial charge in [-0.1, -0.05) is 28.5 Å².